The van der Waals surface area contributed by atoms with Gasteiger partial charge in [0.1, 0.15) is 18.1 Å². The Hall–Kier alpha value is -1.35. The van der Waals surface area contributed by atoms with Gasteiger partial charge in [0.15, 0.2) is 9.84 Å². The lowest BCUT2D eigenvalue weighted by molar-refractivity contribution is -0.135. The molecule has 0 aliphatic carbocycles. The van der Waals surface area contributed by atoms with Crippen LogP contribution in [-0.2, 0) is 26.9 Å². The van der Waals surface area contributed by atoms with E-state index in [1.54, 1.807) is 4.57 Å². The van der Waals surface area contributed by atoms with Crippen LogP contribution in [0.25, 0.3) is 11.0 Å². The standard InChI is InChI=1S/C17H24N4O3S.2ClH/c1-12-13(2)20(9-8-18-12)17(22)10-21-15-7-5-4-6-14(15)19-16(21)11-25(3,23)24;;/h4-7,12-13,18H,8-11H2,1-3H3;2*1H. The minimum Gasteiger partial charge on any atom is -0.336 e. The third kappa shape index (κ3) is 5.34. The predicted octanol–water partition coefficient (Wildman–Crippen LogP) is 1.63. The van der Waals surface area contributed by atoms with Crippen molar-refractivity contribution in [2.24, 2.45) is 0 Å². The minimum absolute atomic E-state index is 0. The lowest BCUT2D eigenvalue weighted by Crippen LogP contribution is -2.57. The van der Waals surface area contributed by atoms with Crippen molar-refractivity contribution < 1.29 is 13.2 Å². The first-order valence-electron chi connectivity index (χ1n) is 8.41. The zero-order chi connectivity index (χ0) is 18.2. The van der Waals surface area contributed by atoms with Crippen molar-refractivity contribution >= 4 is 51.6 Å². The van der Waals surface area contributed by atoms with E-state index in [-0.39, 0.29) is 55.1 Å². The van der Waals surface area contributed by atoms with Gasteiger partial charge in [0.2, 0.25) is 5.91 Å². The van der Waals surface area contributed by atoms with Crippen LogP contribution in [0, 0.1) is 0 Å². The summed E-state index contributed by atoms with van der Waals surface area (Å²) in [5.41, 5.74) is 1.49. The van der Waals surface area contributed by atoms with Crippen LogP contribution in [0.15, 0.2) is 24.3 Å². The van der Waals surface area contributed by atoms with Crippen molar-refractivity contribution in [2.75, 3.05) is 19.3 Å². The maximum Gasteiger partial charge on any atom is 0.242 e. The van der Waals surface area contributed by atoms with Gasteiger partial charge in [0.25, 0.3) is 0 Å². The number of halogens is 2. The molecule has 7 nitrogen and oxygen atoms in total. The highest BCUT2D eigenvalue weighted by Gasteiger charge is 2.29. The Morgan fingerprint density at radius 2 is 1.93 bits per heavy atom. The molecule has 1 aliphatic heterocycles. The second-order valence-corrected chi connectivity index (χ2v) is 8.88. The Morgan fingerprint density at radius 1 is 1.26 bits per heavy atom. The number of hydrogen-bond acceptors (Lipinski definition) is 5. The molecule has 3 rings (SSSR count). The van der Waals surface area contributed by atoms with Crippen molar-refractivity contribution in [3.63, 3.8) is 0 Å². The highest BCUT2D eigenvalue weighted by molar-refractivity contribution is 7.89. The summed E-state index contributed by atoms with van der Waals surface area (Å²) in [6.07, 6.45) is 1.18. The van der Waals surface area contributed by atoms with E-state index in [2.05, 4.69) is 17.2 Å². The molecule has 10 heteroatoms. The number of nitrogens with zero attached hydrogens (tertiary/aromatic N) is 3. The SMILES string of the molecule is CC1NCCN(C(=O)Cn2c(CS(C)(=O)=O)nc3ccccc32)C1C.Cl.Cl. The van der Waals surface area contributed by atoms with Gasteiger partial charge in [0.05, 0.1) is 11.0 Å². The summed E-state index contributed by atoms with van der Waals surface area (Å²) in [5, 5.41) is 3.36. The number of carbonyl (C=O) groups excluding carboxylic acids is 1. The van der Waals surface area contributed by atoms with Crippen LogP contribution in [0.5, 0.6) is 0 Å². The van der Waals surface area contributed by atoms with Gasteiger partial charge in [-0.2, -0.15) is 0 Å². The van der Waals surface area contributed by atoms with E-state index >= 15 is 0 Å². The molecule has 1 aromatic heterocycles. The molecule has 1 saturated heterocycles. The largest absolute Gasteiger partial charge is 0.336 e. The number of amides is 1. The quantitative estimate of drug-likeness (QED) is 0.786. The first kappa shape index (κ1) is 23.7. The van der Waals surface area contributed by atoms with E-state index in [4.69, 9.17) is 0 Å². The summed E-state index contributed by atoms with van der Waals surface area (Å²) >= 11 is 0. The maximum atomic E-state index is 12.9. The molecule has 0 saturated carbocycles. The predicted molar refractivity (Wildman–Crippen MR) is 111 cm³/mol. The average Bonchev–Trinajstić information content (AvgIpc) is 2.85. The summed E-state index contributed by atoms with van der Waals surface area (Å²) in [6, 6.07) is 7.74. The molecule has 1 aliphatic rings. The second kappa shape index (κ2) is 9.23. The zero-order valence-electron chi connectivity index (χ0n) is 15.6. The average molecular weight is 437 g/mol. The summed E-state index contributed by atoms with van der Waals surface area (Å²) in [7, 11) is -3.25. The van der Waals surface area contributed by atoms with Gasteiger partial charge >= 0.3 is 0 Å². The number of sulfone groups is 1. The molecule has 2 unspecified atom stereocenters. The van der Waals surface area contributed by atoms with E-state index in [0.29, 0.717) is 17.9 Å². The number of rotatable bonds is 4. The van der Waals surface area contributed by atoms with Gasteiger partial charge in [-0.25, -0.2) is 13.4 Å². The minimum atomic E-state index is -3.25. The number of para-hydroxylation sites is 2. The summed E-state index contributed by atoms with van der Waals surface area (Å²) in [4.78, 5) is 19.2. The van der Waals surface area contributed by atoms with E-state index in [0.717, 1.165) is 12.1 Å². The van der Waals surface area contributed by atoms with Crippen molar-refractivity contribution in [1.82, 2.24) is 19.8 Å². The third-order valence-electron chi connectivity index (χ3n) is 4.77. The number of nitrogens with one attached hydrogen (secondary N) is 1. The van der Waals surface area contributed by atoms with E-state index in [1.165, 1.54) is 6.26 Å². The topological polar surface area (TPSA) is 84.3 Å². The van der Waals surface area contributed by atoms with Crippen LogP contribution in [-0.4, -0.2) is 60.2 Å². The fraction of sp³-hybridized carbons (Fsp3) is 0.529. The summed E-state index contributed by atoms with van der Waals surface area (Å²) in [5.74, 6) is 0.217. The molecular formula is C17H26Cl2N4O3S. The first-order chi connectivity index (χ1) is 11.8. The Morgan fingerprint density at radius 3 is 2.59 bits per heavy atom. The molecule has 2 atom stereocenters. The van der Waals surface area contributed by atoms with Crippen molar-refractivity contribution in [2.45, 2.75) is 38.2 Å². The highest BCUT2D eigenvalue weighted by Crippen LogP contribution is 2.19. The van der Waals surface area contributed by atoms with Crippen molar-refractivity contribution in [3.05, 3.63) is 30.1 Å². The summed E-state index contributed by atoms with van der Waals surface area (Å²) in [6.45, 7) is 5.60. The number of hydrogen-bond donors (Lipinski definition) is 1. The molecule has 1 amide bonds. The van der Waals surface area contributed by atoms with Gasteiger partial charge < -0.3 is 14.8 Å². The van der Waals surface area contributed by atoms with Gasteiger partial charge in [-0.3, -0.25) is 4.79 Å². The van der Waals surface area contributed by atoms with Crippen LogP contribution < -0.4 is 5.32 Å². The molecule has 1 fully saturated rings. The van der Waals surface area contributed by atoms with Crippen LogP contribution in [0.4, 0.5) is 0 Å². The highest BCUT2D eigenvalue weighted by atomic mass is 35.5. The molecule has 152 valence electrons. The molecule has 27 heavy (non-hydrogen) atoms. The van der Waals surface area contributed by atoms with Crippen LogP contribution >= 0.6 is 24.8 Å². The van der Waals surface area contributed by atoms with E-state index in [9.17, 15) is 13.2 Å². The lowest BCUT2D eigenvalue weighted by atomic mass is 10.1. The maximum absolute atomic E-state index is 12.9. The number of carbonyl (C=O) groups is 1. The molecule has 1 aromatic carbocycles. The zero-order valence-corrected chi connectivity index (χ0v) is 18.0. The fourth-order valence-corrected chi connectivity index (χ4v) is 3.97. The van der Waals surface area contributed by atoms with E-state index < -0.39 is 9.84 Å². The van der Waals surface area contributed by atoms with Crippen LogP contribution in [0.2, 0.25) is 0 Å². The van der Waals surface area contributed by atoms with Gasteiger partial charge in [0, 0.05) is 31.4 Å². The molecular weight excluding hydrogens is 411 g/mol. The van der Waals surface area contributed by atoms with E-state index in [1.807, 2.05) is 36.1 Å². The van der Waals surface area contributed by atoms with Crippen LogP contribution in [0.3, 0.4) is 0 Å². The lowest BCUT2D eigenvalue weighted by Gasteiger charge is -2.38. The Balaban J connectivity index is 0.00000182. The number of piperazine rings is 1. The van der Waals surface area contributed by atoms with Gasteiger partial charge in [-0.15, -0.1) is 24.8 Å². The Bertz CT molecular complexity index is 901. The third-order valence-corrected chi connectivity index (χ3v) is 5.56. The van der Waals surface area contributed by atoms with Crippen LogP contribution in [0.1, 0.15) is 19.7 Å². The van der Waals surface area contributed by atoms with Gasteiger partial charge in [-0.1, -0.05) is 12.1 Å². The van der Waals surface area contributed by atoms with Crippen molar-refractivity contribution in [1.29, 1.82) is 0 Å². The second-order valence-electron chi connectivity index (χ2n) is 6.74. The van der Waals surface area contributed by atoms with Crippen molar-refractivity contribution in [3.8, 4) is 0 Å². The first-order valence-corrected chi connectivity index (χ1v) is 10.5. The number of fused-ring (bicyclic) bond motifs is 1. The summed E-state index contributed by atoms with van der Waals surface area (Å²) < 4.78 is 25.2. The molecule has 1 N–H and O–H groups in total. The number of aromatic nitrogens is 2. The molecule has 2 aromatic rings. The molecule has 2 heterocycles. The normalized spacial score (nSPS) is 20.0. The van der Waals surface area contributed by atoms with Gasteiger partial charge in [-0.05, 0) is 26.0 Å². The fourth-order valence-electron chi connectivity index (χ4n) is 3.28. The Kier molecular flexibility index (Phi) is 8.10. The Labute approximate surface area is 172 Å². The monoisotopic (exact) mass is 436 g/mol. The smallest absolute Gasteiger partial charge is 0.242 e. The molecule has 0 spiro atoms. The molecule has 0 radical (unpaired) electrons. The molecule has 0 bridgehead atoms. The number of benzene rings is 1. The number of imidazole rings is 1.